The monoisotopic (exact) mass is 365 g/mol. The predicted octanol–water partition coefficient (Wildman–Crippen LogP) is 2.59. The third-order valence-corrected chi connectivity index (χ3v) is 5.87. The largest absolute Gasteiger partial charge is 0.340 e. The Balaban J connectivity index is 1.39. The van der Waals surface area contributed by atoms with E-state index >= 15 is 0 Å². The van der Waals surface area contributed by atoms with Crippen molar-refractivity contribution in [3.63, 3.8) is 0 Å². The summed E-state index contributed by atoms with van der Waals surface area (Å²) in [7, 11) is 0. The number of piperidine rings is 1. The number of carbonyl (C=O) groups excluding carboxylic acids is 1. The summed E-state index contributed by atoms with van der Waals surface area (Å²) >= 11 is 0. The summed E-state index contributed by atoms with van der Waals surface area (Å²) in [6, 6.07) is 11.9. The Hall–Kier alpha value is -2.89. The van der Waals surface area contributed by atoms with Crippen molar-refractivity contribution < 1.29 is 9.18 Å². The molecule has 6 heteroatoms. The van der Waals surface area contributed by atoms with Gasteiger partial charge in [0.1, 0.15) is 12.4 Å². The summed E-state index contributed by atoms with van der Waals surface area (Å²) in [6.07, 6.45) is 2.85. The van der Waals surface area contributed by atoms with Gasteiger partial charge >= 0.3 is 0 Å². The van der Waals surface area contributed by atoms with Crippen LogP contribution in [0.5, 0.6) is 0 Å². The van der Waals surface area contributed by atoms with Crippen LogP contribution in [0.1, 0.15) is 18.0 Å². The van der Waals surface area contributed by atoms with Crippen LogP contribution in [-0.4, -0.2) is 33.0 Å². The van der Waals surface area contributed by atoms with Gasteiger partial charge in [-0.25, -0.2) is 4.39 Å². The molecule has 0 N–H and O–H groups in total. The number of pyridine rings is 1. The normalized spacial score (nSPS) is 21.3. The lowest BCUT2D eigenvalue weighted by Crippen LogP contribution is -2.49. The number of hydrogen-bond donors (Lipinski definition) is 0. The van der Waals surface area contributed by atoms with E-state index in [9.17, 15) is 14.0 Å². The lowest BCUT2D eigenvalue weighted by molar-refractivity contribution is -0.134. The summed E-state index contributed by atoms with van der Waals surface area (Å²) in [5.41, 5.74) is 1.81. The highest BCUT2D eigenvalue weighted by molar-refractivity contribution is 5.83. The number of amides is 1. The highest BCUT2D eigenvalue weighted by Gasteiger charge is 2.36. The number of fused-ring (bicyclic) bond motifs is 5. The Morgan fingerprint density at radius 3 is 2.89 bits per heavy atom. The van der Waals surface area contributed by atoms with Crippen LogP contribution in [0.4, 0.5) is 4.39 Å². The number of hydrogen-bond acceptors (Lipinski definition) is 2. The van der Waals surface area contributed by atoms with Crippen molar-refractivity contribution in [1.29, 1.82) is 0 Å². The van der Waals surface area contributed by atoms with Crippen molar-refractivity contribution >= 4 is 16.8 Å². The van der Waals surface area contributed by atoms with Gasteiger partial charge in [-0.1, -0.05) is 6.07 Å². The highest BCUT2D eigenvalue weighted by atomic mass is 19.1. The first-order valence-electron chi connectivity index (χ1n) is 9.30. The Labute approximate surface area is 155 Å². The maximum Gasteiger partial charge on any atom is 0.250 e. The smallest absolute Gasteiger partial charge is 0.250 e. The molecule has 0 unspecified atom stereocenters. The van der Waals surface area contributed by atoms with Gasteiger partial charge in [-0.05, 0) is 48.1 Å². The summed E-state index contributed by atoms with van der Waals surface area (Å²) in [4.78, 5) is 27.0. The average molecular weight is 365 g/mol. The number of nitrogens with zero attached hydrogens (tertiary/aromatic N) is 3. The van der Waals surface area contributed by atoms with Gasteiger partial charge in [-0.15, -0.1) is 0 Å². The number of benzene rings is 1. The van der Waals surface area contributed by atoms with Gasteiger partial charge < -0.3 is 14.0 Å². The second-order valence-electron chi connectivity index (χ2n) is 7.64. The summed E-state index contributed by atoms with van der Waals surface area (Å²) < 4.78 is 17.3. The molecular formula is C21H20FN3O2. The average Bonchev–Trinajstić information content (AvgIpc) is 3.04. The van der Waals surface area contributed by atoms with E-state index in [1.165, 1.54) is 12.1 Å². The van der Waals surface area contributed by atoms with Gasteiger partial charge in [0.25, 0.3) is 5.56 Å². The fourth-order valence-corrected chi connectivity index (χ4v) is 4.64. The number of carbonyl (C=O) groups is 1. The Bertz CT molecular complexity index is 1100. The SMILES string of the molecule is O=C(Cn1ccc2ccc(F)cc21)N1C[C@H]2C[C@@H](C1)c1cccc(=O)n1C2. The van der Waals surface area contributed by atoms with E-state index in [0.29, 0.717) is 25.6 Å². The third kappa shape index (κ3) is 2.76. The molecule has 2 aliphatic heterocycles. The molecule has 0 radical (unpaired) electrons. The molecule has 1 fully saturated rings. The van der Waals surface area contributed by atoms with E-state index in [1.807, 2.05) is 32.4 Å². The van der Waals surface area contributed by atoms with Gasteiger partial charge in [0, 0.05) is 43.5 Å². The molecule has 2 aromatic heterocycles. The van der Waals surface area contributed by atoms with E-state index in [-0.39, 0.29) is 29.7 Å². The molecule has 5 nitrogen and oxygen atoms in total. The first-order chi connectivity index (χ1) is 13.1. The summed E-state index contributed by atoms with van der Waals surface area (Å²) in [5.74, 6) is 0.246. The van der Waals surface area contributed by atoms with Crippen LogP contribution < -0.4 is 5.56 Å². The Kier molecular flexibility index (Phi) is 3.67. The van der Waals surface area contributed by atoms with Gasteiger partial charge in [0.15, 0.2) is 0 Å². The number of rotatable bonds is 2. The fraction of sp³-hybridized carbons (Fsp3) is 0.333. The lowest BCUT2D eigenvalue weighted by atomic mass is 9.83. The molecule has 2 aliphatic rings. The number of likely N-dealkylation sites (tertiary alicyclic amines) is 1. The Morgan fingerprint density at radius 1 is 1.11 bits per heavy atom. The molecule has 0 spiro atoms. The van der Waals surface area contributed by atoms with Crippen molar-refractivity contribution in [1.82, 2.24) is 14.0 Å². The molecule has 27 heavy (non-hydrogen) atoms. The number of aromatic nitrogens is 2. The zero-order valence-corrected chi connectivity index (χ0v) is 14.8. The standard InChI is InChI=1S/C21H20FN3O2/c22-17-5-4-15-6-7-23(19(15)9-17)13-21(27)24-10-14-8-16(12-24)18-2-1-3-20(26)25(18)11-14/h1-7,9,14,16H,8,10-13H2/t14-,16+/m1/s1. The molecule has 1 saturated heterocycles. The molecule has 5 rings (SSSR count). The van der Waals surface area contributed by atoms with Crippen molar-refractivity contribution in [3.8, 4) is 0 Å². The molecule has 1 amide bonds. The van der Waals surface area contributed by atoms with Crippen LogP contribution >= 0.6 is 0 Å². The third-order valence-electron chi connectivity index (χ3n) is 5.87. The van der Waals surface area contributed by atoms with Crippen molar-refractivity contribution in [2.75, 3.05) is 13.1 Å². The van der Waals surface area contributed by atoms with Gasteiger partial charge in [-0.3, -0.25) is 9.59 Å². The van der Waals surface area contributed by atoms with Crippen molar-refractivity contribution in [2.24, 2.45) is 5.92 Å². The molecule has 138 valence electrons. The Morgan fingerprint density at radius 2 is 2.00 bits per heavy atom. The van der Waals surface area contributed by atoms with E-state index in [2.05, 4.69) is 0 Å². The first-order valence-corrected chi connectivity index (χ1v) is 9.30. The minimum Gasteiger partial charge on any atom is -0.340 e. The van der Waals surface area contributed by atoms with Crippen LogP contribution in [0.3, 0.4) is 0 Å². The first kappa shape index (κ1) is 16.3. The maximum atomic E-state index is 13.6. The van der Waals surface area contributed by atoms with Crippen molar-refractivity contribution in [3.05, 3.63) is 70.5 Å². The number of halogens is 1. The predicted molar refractivity (Wildman–Crippen MR) is 100 cm³/mol. The molecule has 4 heterocycles. The van der Waals surface area contributed by atoms with E-state index < -0.39 is 0 Å². The fourth-order valence-electron chi connectivity index (χ4n) is 4.64. The topological polar surface area (TPSA) is 47.2 Å². The molecule has 0 aliphatic carbocycles. The van der Waals surface area contributed by atoms with Crippen molar-refractivity contribution in [2.45, 2.75) is 25.4 Å². The molecule has 3 aromatic rings. The molecule has 2 atom stereocenters. The van der Waals surface area contributed by atoms with Gasteiger partial charge in [-0.2, -0.15) is 0 Å². The van der Waals surface area contributed by atoms with Crippen LogP contribution in [0, 0.1) is 11.7 Å². The molecule has 1 aromatic carbocycles. The zero-order chi connectivity index (χ0) is 18.5. The van der Waals surface area contributed by atoms with E-state index in [0.717, 1.165) is 23.0 Å². The van der Waals surface area contributed by atoms with Crippen LogP contribution in [0.15, 0.2) is 53.5 Å². The molecule has 2 bridgehead atoms. The molecular weight excluding hydrogens is 345 g/mol. The van der Waals surface area contributed by atoms with Crippen LogP contribution in [0.25, 0.3) is 10.9 Å². The van der Waals surface area contributed by atoms with E-state index in [4.69, 9.17) is 0 Å². The quantitative estimate of drug-likeness (QED) is 0.701. The summed E-state index contributed by atoms with van der Waals surface area (Å²) in [6.45, 7) is 2.18. The second kappa shape index (κ2) is 6.08. The van der Waals surface area contributed by atoms with Crippen LogP contribution in [0.2, 0.25) is 0 Å². The second-order valence-corrected chi connectivity index (χ2v) is 7.64. The van der Waals surface area contributed by atoms with E-state index in [1.54, 1.807) is 18.2 Å². The minimum atomic E-state index is -0.301. The maximum absolute atomic E-state index is 13.6. The van der Waals surface area contributed by atoms with Crippen LogP contribution in [-0.2, 0) is 17.9 Å². The van der Waals surface area contributed by atoms with Gasteiger partial charge in [0.05, 0.1) is 5.52 Å². The molecule has 0 saturated carbocycles. The lowest BCUT2D eigenvalue weighted by Gasteiger charge is -2.42. The van der Waals surface area contributed by atoms with Gasteiger partial charge in [0.2, 0.25) is 5.91 Å². The highest BCUT2D eigenvalue weighted by Crippen LogP contribution is 2.35. The zero-order valence-electron chi connectivity index (χ0n) is 14.8. The summed E-state index contributed by atoms with van der Waals surface area (Å²) in [5, 5.41) is 0.924. The minimum absolute atomic E-state index is 0.0400.